The van der Waals surface area contributed by atoms with Crippen LogP contribution in [0.1, 0.15) is 26.7 Å². The quantitative estimate of drug-likeness (QED) is 0.465. The smallest absolute Gasteiger partial charge is 0.251 e. The van der Waals surface area contributed by atoms with Crippen LogP contribution in [0.25, 0.3) is 11.1 Å². The second-order valence-corrected chi connectivity index (χ2v) is 9.21. The maximum atomic E-state index is 13.1. The van der Waals surface area contributed by atoms with E-state index in [4.69, 9.17) is 14.2 Å². The van der Waals surface area contributed by atoms with Crippen molar-refractivity contribution in [2.24, 2.45) is 0 Å². The summed E-state index contributed by atoms with van der Waals surface area (Å²) in [6, 6.07) is 13.2. The van der Waals surface area contributed by atoms with Gasteiger partial charge in [-0.3, -0.25) is 14.4 Å². The molecule has 2 aromatic carbocycles. The molecule has 35 heavy (non-hydrogen) atoms. The van der Waals surface area contributed by atoms with Gasteiger partial charge in [0.1, 0.15) is 29.4 Å². The highest BCUT2D eigenvalue weighted by Crippen LogP contribution is 2.28. The average Bonchev–Trinajstić information content (AvgIpc) is 3.57. The molecule has 1 aliphatic rings. The van der Waals surface area contributed by atoms with Crippen molar-refractivity contribution in [1.29, 1.82) is 0 Å². The summed E-state index contributed by atoms with van der Waals surface area (Å²) >= 11 is 0. The lowest BCUT2D eigenvalue weighted by Crippen LogP contribution is -2.40. The van der Waals surface area contributed by atoms with E-state index in [1.54, 1.807) is 43.3 Å². The van der Waals surface area contributed by atoms with Gasteiger partial charge in [-0.1, -0.05) is 12.1 Å². The summed E-state index contributed by atoms with van der Waals surface area (Å²) in [5.41, 5.74) is 1.61. The van der Waals surface area contributed by atoms with Crippen LogP contribution in [0, 0.1) is 0 Å². The number of hydrogen-bond acceptors (Lipinski definition) is 6. The van der Waals surface area contributed by atoms with E-state index in [0.717, 1.165) is 23.4 Å². The zero-order valence-electron chi connectivity index (χ0n) is 20.9. The molecule has 0 spiro atoms. The molecule has 1 aromatic heterocycles. The molecule has 0 bridgehead atoms. The Labute approximate surface area is 206 Å². The topological polar surface area (TPSA) is 77.9 Å². The highest BCUT2D eigenvalue weighted by Gasteiger charge is 2.31. The van der Waals surface area contributed by atoms with Gasteiger partial charge in [-0.15, -0.1) is 0 Å². The summed E-state index contributed by atoms with van der Waals surface area (Å²) in [5.74, 6) is 1.85. The predicted octanol–water partition coefficient (Wildman–Crippen LogP) is 4.42. The van der Waals surface area contributed by atoms with Crippen LogP contribution >= 0.6 is 0 Å². The van der Waals surface area contributed by atoms with Gasteiger partial charge in [-0.25, -0.2) is 0 Å². The highest BCUT2D eigenvalue weighted by molar-refractivity contribution is 5.96. The van der Waals surface area contributed by atoms with Crippen LogP contribution < -0.4 is 19.5 Å². The fourth-order valence-corrected chi connectivity index (χ4v) is 4.09. The molecule has 3 aromatic rings. The highest BCUT2D eigenvalue weighted by atomic mass is 16.5. The van der Waals surface area contributed by atoms with Crippen molar-refractivity contribution in [3.8, 4) is 28.4 Å². The van der Waals surface area contributed by atoms with Crippen molar-refractivity contribution < 1.29 is 19.0 Å². The zero-order chi connectivity index (χ0) is 24.8. The fourth-order valence-electron chi connectivity index (χ4n) is 4.09. The van der Waals surface area contributed by atoms with E-state index >= 15 is 0 Å². The number of rotatable bonds is 10. The maximum Gasteiger partial charge on any atom is 0.251 e. The molecular weight excluding hydrogens is 444 g/mol. The van der Waals surface area contributed by atoms with Gasteiger partial charge in [0.2, 0.25) is 0 Å². The number of carbonyl (C=O) groups excluding carboxylic acids is 1. The van der Waals surface area contributed by atoms with E-state index in [9.17, 15) is 4.79 Å². The molecule has 8 heteroatoms. The number of nitrogens with zero attached hydrogens (tertiary/aromatic N) is 3. The third-order valence-electron chi connectivity index (χ3n) is 6.38. The van der Waals surface area contributed by atoms with Gasteiger partial charge >= 0.3 is 0 Å². The number of likely N-dealkylation sites (tertiary alicyclic amines) is 1. The van der Waals surface area contributed by atoms with E-state index in [-0.39, 0.29) is 5.91 Å². The Hall–Kier alpha value is -3.52. The fraction of sp³-hybridized carbons (Fsp3) is 0.407. The Balaban J connectivity index is 1.39. The van der Waals surface area contributed by atoms with Gasteiger partial charge in [0.15, 0.2) is 0 Å². The molecule has 1 saturated heterocycles. The number of carbonyl (C=O) groups is 1. The van der Waals surface area contributed by atoms with Crippen LogP contribution in [0.4, 0.5) is 5.69 Å². The minimum absolute atomic E-state index is 0.204. The molecule has 1 N–H and O–H groups in total. The summed E-state index contributed by atoms with van der Waals surface area (Å²) in [6.07, 6.45) is 6.23. The number of anilines is 1. The van der Waals surface area contributed by atoms with Crippen LogP contribution in [0.2, 0.25) is 0 Å². The van der Waals surface area contributed by atoms with Gasteiger partial charge in [0.05, 0.1) is 20.4 Å². The molecule has 186 valence electrons. The predicted molar refractivity (Wildman–Crippen MR) is 136 cm³/mol. The molecule has 0 saturated carbocycles. The number of methoxy groups -OCH3 is 2. The van der Waals surface area contributed by atoms with Crippen LogP contribution in [0.3, 0.4) is 0 Å². The van der Waals surface area contributed by atoms with Crippen molar-refractivity contribution in [3.63, 3.8) is 0 Å². The van der Waals surface area contributed by atoms with Gasteiger partial charge < -0.3 is 19.5 Å². The number of amides is 1. The van der Waals surface area contributed by atoms with Crippen molar-refractivity contribution in [3.05, 3.63) is 54.9 Å². The van der Waals surface area contributed by atoms with Gasteiger partial charge in [-0.2, -0.15) is 5.10 Å². The van der Waals surface area contributed by atoms with Crippen LogP contribution in [0.5, 0.6) is 17.2 Å². The van der Waals surface area contributed by atoms with Crippen LogP contribution in [-0.2, 0) is 10.3 Å². The molecular formula is C27H34N4O4. The first-order valence-corrected chi connectivity index (χ1v) is 11.9. The lowest BCUT2D eigenvalue weighted by Gasteiger charge is -2.24. The molecule has 1 aliphatic heterocycles. The van der Waals surface area contributed by atoms with Crippen molar-refractivity contribution in [2.45, 2.75) is 32.2 Å². The summed E-state index contributed by atoms with van der Waals surface area (Å²) < 4.78 is 18.2. The molecule has 0 atom stereocenters. The molecule has 1 amide bonds. The Bertz CT molecular complexity index is 1110. The molecule has 0 unspecified atom stereocenters. The van der Waals surface area contributed by atoms with Crippen molar-refractivity contribution >= 4 is 11.6 Å². The third kappa shape index (κ3) is 5.95. The minimum atomic E-state index is -0.923. The molecule has 2 heterocycles. The lowest BCUT2D eigenvalue weighted by atomic mass is 10.0. The monoisotopic (exact) mass is 478 g/mol. The average molecular weight is 479 g/mol. The maximum absolute atomic E-state index is 13.1. The Morgan fingerprint density at radius 2 is 1.63 bits per heavy atom. The Morgan fingerprint density at radius 3 is 2.26 bits per heavy atom. The van der Waals surface area contributed by atoms with Crippen LogP contribution in [0.15, 0.2) is 54.9 Å². The largest absolute Gasteiger partial charge is 0.497 e. The molecule has 4 rings (SSSR count). The second kappa shape index (κ2) is 10.8. The first-order chi connectivity index (χ1) is 16.9. The molecule has 1 fully saturated rings. The Morgan fingerprint density at radius 1 is 0.971 bits per heavy atom. The lowest BCUT2D eigenvalue weighted by molar-refractivity contribution is -0.123. The van der Waals surface area contributed by atoms with Crippen molar-refractivity contribution in [1.82, 2.24) is 14.7 Å². The number of nitrogens with one attached hydrogen (secondary N) is 1. The summed E-state index contributed by atoms with van der Waals surface area (Å²) in [6.45, 7) is 7.67. The normalized spacial score (nSPS) is 14.1. The number of benzene rings is 2. The van der Waals surface area contributed by atoms with E-state index in [2.05, 4.69) is 15.3 Å². The second-order valence-electron chi connectivity index (χ2n) is 9.21. The molecule has 0 radical (unpaired) electrons. The summed E-state index contributed by atoms with van der Waals surface area (Å²) in [4.78, 5) is 15.6. The number of hydrogen-bond donors (Lipinski definition) is 1. The number of aromatic nitrogens is 2. The van der Waals surface area contributed by atoms with E-state index < -0.39 is 5.54 Å². The van der Waals surface area contributed by atoms with Gasteiger partial charge in [-0.05, 0) is 57.5 Å². The minimum Gasteiger partial charge on any atom is -0.497 e. The zero-order valence-corrected chi connectivity index (χ0v) is 20.9. The van der Waals surface area contributed by atoms with E-state index in [1.807, 2.05) is 44.3 Å². The summed E-state index contributed by atoms with van der Waals surface area (Å²) in [5, 5.41) is 7.43. The van der Waals surface area contributed by atoms with E-state index in [0.29, 0.717) is 23.8 Å². The van der Waals surface area contributed by atoms with E-state index in [1.165, 1.54) is 25.9 Å². The first-order valence-electron chi connectivity index (χ1n) is 11.9. The summed E-state index contributed by atoms with van der Waals surface area (Å²) in [7, 11) is 3.14. The molecule has 0 aliphatic carbocycles. The van der Waals surface area contributed by atoms with Gasteiger partial charge in [0.25, 0.3) is 5.91 Å². The first kappa shape index (κ1) is 24.6. The number of ether oxygens (including phenoxy) is 3. The van der Waals surface area contributed by atoms with Gasteiger partial charge in [0, 0.05) is 42.2 Å². The third-order valence-corrected chi connectivity index (χ3v) is 6.38. The van der Waals surface area contributed by atoms with Crippen LogP contribution in [-0.4, -0.2) is 61.0 Å². The molecule has 8 nitrogen and oxygen atoms in total. The SMILES string of the molecule is COc1cc(NC(=O)C(C)(C)n2cc(-c3ccc(OCCN4CCCC4)cc3)cn2)cc(OC)c1. The Kier molecular flexibility index (Phi) is 7.60. The van der Waals surface area contributed by atoms with Crippen molar-refractivity contribution in [2.75, 3.05) is 45.8 Å². The standard InChI is InChI=1S/C27H34N4O4/c1-27(2,26(32)29-22-15-24(33-3)17-25(16-22)34-4)31-19-21(18-28-31)20-7-9-23(10-8-20)35-14-13-30-11-5-6-12-30/h7-10,15-19H,5-6,11-14H2,1-4H3,(H,29,32).